The maximum absolute atomic E-state index is 5.82. The minimum Gasteiger partial charge on any atom is -0.497 e. The summed E-state index contributed by atoms with van der Waals surface area (Å²) in [5, 5.41) is 3.33. The van der Waals surface area contributed by atoms with Crippen LogP contribution < -0.4 is 14.8 Å². The zero-order valence-corrected chi connectivity index (χ0v) is 14.0. The molecule has 1 atom stereocenters. The number of ether oxygens (including phenoxy) is 2. The van der Waals surface area contributed by atoms with Crippen molar-refractivity contribution in [3.63, 3.8) is 0 Å². The van der Waals surface area contributed by atoms with Crippen molar-refractivity contribution in [2.75, 3.05) is 13.7 Å². The summed E-state index contributed by atoms with van der Waals surface area (Å²) < 4.78 is 11.8. The second-order valence-corrected chi connectivity index (χ2v) is 5.45. The second-order valence-electron chi connectivity index (χ2n) is 4.60. The van der Waals surface area contributed by atoms with Gasteiger partial charge in [-0.05, 0) is 59.7 Å². The molecule has 0 amide bonds. The molecule has 0 saturated heterocycles. The van der Waals surface area contributed by atoms with Crippen LogP contribution >= 0.6 is 15.9 Å². The third kappa shape index (κ3) is 4.19. The molecule has 1 aromatic heterocycles. The first kappa shape index (κ1) is 15.8. The van der Waals surface area contributed by atoms with Gasteiger partial charge in [0.25, 0.3) is 0 Å². The summed E-state index contributed by atoms with van der Waals surface area (Å²) in [5.74, 6) is 2.21. The predicted octanol–water partition coefficient (Wildman–Crippen LogP) is 4.32. The highest BCUT2D eigenvalue weighted by Gasteiger charge is 2.07. The summed E-state index contributed by atoms with van der Waals surface area (Å²) >= 11 is 3.47. The molecular formula is C16H19BrN2O2. The fourth-order valence-corrected chi connectivity index (χ4v) is 2.38. The molecule has 0 aliphatic rings. The zero-order valence-electron chi connectivity index (χ0n) is 12.4. The minimum absolute atomic E-state index is 0.233. The fraction of sp³-hybridized carbons (Fsp3) is 0.312. The Kier molecular flexibility index (Phi) is 5.59. The van der Waals surface area contributed by atoms with Crippen molar-refractivity contribution >= 4 is 15.9 Å². The SMILES string of the molecule is CCNC(C)c1ccc(Oc2ccc(OC)cc2Br)cn1. The number of hydrogen-bond acceptors (Lipinski definition) is 4. The molecule has 0 bridgehead atoms. The number of aromatic nitrogens is 1. The van der Waals surface area contributed by atoms with Crippen LogP contribution in [0.1, 0.15) is 25.6 Å². The summed E-state index contributed by atoms with van der Waals surface area (Å²) in [6.45, 7) is 5.08. The summed E-state index contributed by atoms with van der Waals surface area (Å²) in [6.07, 6.45) is 1.74. The Balaban J connectivity index is 2.10. The van der Waals surface area contributed by atoms with Crippen LogP contribution in [0.25, 0.3) is 0 Å². The number of benzene rings is 1. The van der Waals surface area contributed by atoms with E-state index in [4.69, 9.17) is 9.47 Å². The van der Waals surface area contributed by atoms with E-state index in [1.807, 2.05) is 30.3 Å². The largest absolute Gasteiger partial charge is 0.497 e. The normalized spacial score (nSPS) is 12.0. The lowest BCUT2D eigenvalue weighted by atomic mass is 10.2. The lowest BCUT2D eigenvalue weighted by Crippen LogP contribution is -2.18. The number of halogens is 1. The molecule has 21 heavy (non-hydrogen) atoms. The van der Waals surface area contributed by atoms with Gasteiger partial charge in [0, 0.05) is 6.04 Å². The molecule has 2 aromatic rings. The smallest absolute Gasteiger partial charge is 0.145 e. The molecule has 5 heteroatoms. The van der Waals surface area contributed by atoms with Gasteiger partial charge in [0.2, 0.25) is 0 Å². The van der Waals surface area contributed by atoms with E-state index in [-0.39, 0.29) is 6.04 Å². The Morgan fingerprint density at radius 2 is 2.00 bits per heavy atom. The minimum atomic E-state index is 0.233. The monoisotopic (exact) mass is 350 g/mol. The quantitative estimate of drug-likeness (QED) is 0.842. The highest BCUT2D eigenvalue weighted by molar-refractivity contribution is 9.10. The van der Waals surface area contributed by atoms with Crippen molar-refractivity contribution in [2.45, 2.75) is 19.9 Å². The van der Waals surface area contributed by atoms with Crippen LogP contribution in [0.15, 0.2) is 41.0 Å². The Morgan fingerprint density at radius 1 is 1.24 bits per heavy atom. The number of rotatable bonds is 6. The first-order chi connectivity index (χ1) is 10.1. The average molecular weight is 351 g/mol. The molecule has 0 fully saturated rings. The van der Waals surface area contributed by atoms with E-state index in [0.29, 0.717) is 5.75 Å². The number of methoxy groups -OCH3 is 1. The Morgan fingerprint density at radius 3 is 2.57 bits per heavy atom. The van der Waals surface area contributed by atoms with Gasteiger partial charge >= 0.3 is 0 Å². The zero-order chi connectivity index (χ0) is 15.2. The molecule has 0 aliphatic carbocycles. The lowest BCUT2D eigenvalue weighted by molar-refractivity contribution is 0.412. The molecule has 0 saturated carbocycles. The first-order valence-corrected chi connectivity index (χ1v) is 7.64. The molecule has 4 nitrogen and oxygen atoms in total. The lowest BCUT2D eigenvalue weighted by Gasteiger charge is -2.13. The van der Waals surface area contributed by atoms with Crippen molar-refractivity contribution in [3.8, 4) is 17.2 Å². The van der Waals surface area contributed by atoms with Gasteiger partial charge < -0.3 is 14.8 Å². The topological polar surface area (TPSA) is 43.4 Å². The van der Waals surface area contributed by atoms with Crippen molar-refractivity contribution in [1.82, 2.24) is 10.3 Å². The maximum atomic E-state index is 5.82. The van der Waals surface area contributed by atoms with Crippen molar-refractivity contribution < 1.29 is 9.47 Å². The molecule has 2 rings (SSSR count). The molecule has 0 spiro atoms. The molecule has 1 aromatic carbocycles. The number of pyridine rings is 1. The first-order valence-electron chi connectivity index (χ1n) is 6.84. The number of nitrogens with zero attached hydrogens (tertiary/aromatic N) is 1. The number of nitrogens with one attached hydrogen (secondary N) is 1. The molecule has 112 valence electrons. The van der Waals surface area contributed by atoms with Gasteiger partial charge in [-0.25, -0.2) is 0 Å². The van der Waals surface area contributed by atoms with E-state index in [2.05, 4.69) is 40.1 Å². The van der Waals surface area contributed by atoms with Crippen molar-refractivity contribution in [1.29, 1.82) is 0 Å². The van der Waals surface area contributed by atoms with E-state index in [0.717, 1.165) is 28.2 Å². The molecule has 1 unspecified atom stereocenters. The van der Waals surface area contributed by atoms with Crippen LogP contribution in [0.5, 0.6) is 17.2 Å². The van der Waals surface area contributed by atoms with Gasteiger partial charge in [-0.3, -0.25) is 4.98 Å². The van der Waals surface area contributed by atoms with Gasteiger partial charge in [-0.2, -0.15) is 0 Å². The summed E-state index contributed by atoms with van der Waals surface area (Å²) in [4.78, 5) is 4.43. The summed E-state index contributed by atoms with van der Waals surface area (Å²) in [7, 11) is 1.64. The fourth-order valence-electron chi connectivity index (χ4n) is 1.94. The Bertz CT molecular complexity index is 587. The average Bonchev–Trinajstić information content (AvgIpc) is 2.50. The van der Waals surface area contributed by atoms with Crippen LogP contribution in [-0.2, 0) is 0 Å². The molecule has 1 N–H and O–H groups in total. The van der Waals surface area contributed by atoms with Crippen molar-refractivity contribution in [3.05, 3.63) is 46.7 Å². The Labute approximate surface area is 133 Å². The van der Waals surface area contributed by atoms with E-state index in [1.165, 1.54) is 0 Å². The van der Waals surface area contributed by atoms with Crippen LogP contribution in [0.4, 0.5) is 0 Å². The van der Waals surface area contributed by atoms with E-state index in [1.54, 1.807) is 13.3 Å². The molecule has 0 radical (unpaired) electrons. The predicted molar refractivity (Wildman–Crippen MR) is 87.1 cm³/mol. The maximum Gasteiger partial charge on any atom is 0.145 e. The highest BCUT2D eigenvalue weighted by Crippen LogP contribution is 2.32. The Hall–Kier alpha value is -1.59. The van der Waals surface area contributed by atoms with E-state index >= 15 is 0 Å². The van der Waals surface area contributed by atoms with Gasteiger partial charge in [-0.15, -0.1) is 0 Å². The third-order valence-corrected chi connectivity index (χ3v) is 3.70. The van der Waals surface area contributed by atoms with Gasteiger partial charge in [0.05, 0.1) is 23.5 Å². The molecule has 0 aliphatic heterocycles. The third-order valence-electron chi connectivity index (χ3n) is 3.08. The van der Waals surface area contributed by atoms with E-state index in [9.17, 15) is 0 Å². The molecular weight excluding hydrogens is 332 g/mol. The summed E-state index contributed by atoms with van der Waals surface area (Å²) in [6, 6.07) is 9.71. The standard InChI is InChI=1S/C16H19BrN2O2/c1-4-18-11(2)15-7-5-13(10-19-15)21-16-8-6-12(20-3)9-14(16)17/h5-11,18H,4H2,1-3H3. The van der Waals surface area contributed by atoms with Gasteiger partial charge in [0.1, 0.15) is 17.2 Å². The van der Waals surface area contributed by atoms with Crippen LogP contribution in [-0.4, -0.2) is 18.6 Å². The van der Waals surface area contributed by atoms with Gasteiger partial charge in [0.15, 0.2) is 0 Å². The van der Waals surface area contributed by atoms with Gasteiger partial charge in [-0.1, -0.05) is 6.92 Å². The van der Waals surface area contributed by atoms with Crippen LogP contribution in [0.3, 0.4) is 0 Å². The highest BCUT2D eigenvalue weighted by atomic mass is 79.9. The second kappa shape index (κ2) is 7.43. The van der Waals surface area contributed by atoms with Crippen molar-refractivity contribution in [2.24, 2.45) is 0 Å². The van der Waals surface area contributed by atoms with Crippen LogP contribution in [0.2, 0.25) is 0 Å². The molecule has 1 heterocycles. The van der Waals surface area contributed by atoms with Crippen LogP contribution in [0, 0.1) is 0 Å². The van der Waals surface area contributed by atoms with E-state index < -0.39 is 0 Å². The number of hydrogen-bond donors (Lipinski definition) is 1. The summed E-state index contributed by atoms with van der Waals surface area (Å²) in [5.41, 5.74) is 0.998.